The van der Waals surface area contributed by atoms with Crippen molar-refractivity contribution in [2.75, 3.05) is 14.2 Å². The topological polar surface area (TPSA) is 18.5 Å². The van der Waals surface area contributed by atoms with Crippen molar-refractivity contribution in [3.8, 4) is 11.5 Å². The molecule has 0 unspecified atom stereocenters. The molecule has 0 fully saturated rings. The lowest BCUT2D eigenvalue weighted by Gasteiger charge is -2.08. The van der Waals surface area contributed by atoms with Crippen LogP contribution >= 0.6 is 12.6 Å². The summed E-state index contributed by atoms with van der Waals surface area (Å²) in [5.74, 6) is -0.0435. The first-order valence-electron chi connectivity index (χ1n) is 3.30. The van der Waals surface area contributed by atoms with Gasteiger partial charge in [-0.05, 0) is 12.1 Å². The molecule has 0 aliphatic rings. The minimum Gasteiger partial charge on any atom is -0.493 e. The fraction of sp³-hybridized carbons (Fsp3) is 0.250. The minimum atomic E-state index is -0.500. The Morgan fingerprint density at radius 2 is 1.92 bits per heavy atom. The third-order valence-corrected chi connectivity index (χ3v) is 1.81. The zero-order valence-electron chi connectivity index (χ0n) is 6.80. The summed E-state index contributed by atoms with van der Waals surface area (Å²) in [4.78, 5) is 0.243. The summed E-state index contributed by atoms with van der Waals surface area (Å²) >= 11 is 3.90. The summed E-state index contributed by atoms with van der Waals surface area (Å²) in [6.45, 7) is 0. The molecule has 0 heterocycles. The Hall–Kier alpha value is -0.900. The second kappa shape index (κ2) is 3.67. The molecule has 0 aromatic heterocycles. The molecule has 12 heavy (non-hydrogen) atoms. The first-order valence-corrected chi connectivity index (χ1v) is 3.75. The Kier molecular flexibility index (Phi) is 2.81. The molecule has 1 aromatic carbocycles. The third-order valence-electron chi connectivity index (χ3n) is 1.46. The van der Waals surface area contributed by atoms with E-state index in [1.807, 2.05) is 0 Å². The maximum absolute atomic E-state index is 13.2. The van der Waals surface area contributed by atoms with Crippen LogP contribution in [0.15, 0.2) is 17.0 Å². The Labute approximate surface area is 75.7 Å². The van der Waals surface area contributed by atoms with Crippen LogP contribution in [-0.4, -0.2) is 14.2 Å². The van der Waals surface area contributed by atoms with Gasteiger partial charge in [0, 0.05) is 4.90 Å². The van der Waals surface area contributed by atoms with Gasteiger partial charge in [-0.2, -0.15) is 0 Å². The highest BCUT2D eigenvalue weighted by Crippen LogP contribution is 2.32. The molecule has 0 aliphatic carbocycles. The van der Waals surface area contributed by atoms with Crippen LogP contribution in [0.25, 0.3) is 0 Å². The van der Waals surface area contributed by atoms with Crippen molar-refractivity contribution in [1.29, 1.82) is 0 Å². The van der Waals surface area contributed by atoms with E-state index in [9.17, 15) is 4.39 Å². The van der Waals surface area contributed by atoms with Crippen molar-refractivity contribution in [1.82, 2.24) is 0 Å². The molecule has 0 aliphatic heterocycles. The molecule has 0 bridgehead atoms. The number of hydrogen-bond donors (Lipinski definition) is 1. The van der Waals surface area contributed by atoms with Crippen molar-refractivity contribution in [3.05, 3.63) is 17.9 Å². The monoisotopic (exact) mass is 188 g/mol. The van der Waals surface area contributed by atoms with E-state index in [-0.39, 0.29) is 10.6 Å². The van der Waals surface area contributed by atoms with Crippen molar-refractivity contribution < 1.29 is 13.9 Å². The number of ether oxygens (including phenoxy) is 2. The van der Waals surface area contributed by atoms with E-state index < -0.39 is 5.82 Å². The molecule has 0 amide bonds. The summed E-state index contributed by atoms with van der Waals surface area (Å²) < 4.78 is 22.8. The fourth-order valence-electron chi connectivity index (χ4n) is 0.879. The fourth-order valence-corrected chi connectivity index (χ4v) is 1.05. The molecule has 2 nitrogen and oxygen atoms in total. The van der Waals surface area contributed by atoms with Gasteiger partial charge in [-0.1, -0.05) is 0 Å². The van der Waals surface area contributed by atoms with Crippen LogP contribution in [-0.2, 0) is 0 Å². The average molecular weight is 188 g/mol. The maximum atomic E-state index is 13.2. The van der Waals surface area contributed by atoms with E-state index in [0.717, 1.165) is 0 Å². The van der Waals surface area contributed by atoms with Crippen LogP contribution in [0, 0.1) is 5.82 Å². The largest absolute Gasteiger partial charge is 0.493 e. The predicted octanol–water partition coefficient (Wildman–Crippen LogP) is 2.13. The van der Waals surface area contributed by atoms with Gasteiger partial charge in [0.15, 0.2) is 17.3 Å². The molecule has 0 N–H and O–H groups in total. The number of hydrogen-bond acceptors (Lipinski definition) is 3. The summed E-state index contributed by atoms with van der Waals surface area (Å²) in [6, 6.07) is 3.12. The van der Waals surface area contributed by atoms with E-state index in [4.69, 9.17) is 9.47 Å². The Bertz CT molecular complexity index is 289. The van der Waals surface area contributed by atoms with Gasteiger partial charge in [-0.15, -0.1) is 12.6 Å². The second-order valence-electron chi connectivity index (χ2n) is 2.13. The molecular formula is C8H9FO2S. The molecule has 0 spiro atoms. The number of halogens is 1. The quantitative estimate of drug-likeness (QED) is 0.717. The first kappa shape index (κ1) is 9.19. The lowest BCUT2D eigenvalue weighted by atomic mass is 10.3. The zero-order chi connectivity index (χ0) is 9.14. The van der Waals surface area contributed by atoms with Crippen molar-refractivity contribution in [2.45, 2.75) is 4.90 Å². The highest BCUT2D eigenvalue weighted by molar-refractivity contribution is 7.80. The highest BCUT2D eigenvalue weighted by Gasteiger charge is 2.11. The van der Waals surface area contributed by atoms with Gasteiger partial charge in [0.1, 0.15) is 0 Å². The summed E-state index contributed by atoms with van der Waals surface area (Å²) in [6.07, 6.45) is 0. The summed E-state index contributed by atoms with van der Waals surface area (Å²) in [7, 11) is 2.84. The van der Waals surface area contributed by atoms with Crippen LogP contribution in [0.3, 0.4) is 0 Å². The van der Waals surface area contributed by atoms with Gasteiger partial charge in [-0.25, -0.2) is 4.39 Å². The molecule has 0 radical (unpaired) electrons. The summed E-state index contributed by atoms with van der Waals surface area (Å²) in [5, 5.41) is 0. The smallest absolute Gasteiger partial charge is 0.197 e. The van der Waals surface area contributed by atoms with Gasteiger partial charge in [0.05, 0.1) is 14.2 Å². The number of benzene rings is 1. The lowest BCUT2D eigenvalue weighted by molar-refractivity contribution is 0.334. The standard InChI is InChI=1S/C8H9FO2S/c1-10-5-3-4-6(12)7(9)8(5)11-2/h3-4,12H,1-2H3. The second-order valence-corrected chi connectivity index (χ2v) is 2.62. The van der Waals surface area contributed by atoms with Gasteiger partial charge >= 0.3 is 0 Å². The van der Waals surface area contributed by atoms with Crippen LogP contribution < -0.4 is 9.47 Å². The van der Waals surface area contributed by atoms with Crippen molar-refractivity contribution >= 4 is 12.6 Å². The normalized spacial score (nSPS) is 9.67. The minimum absolute atomic E-state index is 0.0880. The number of methoxy groups -OCH3 is 2. The van der Waals surface area contributed by atoms with Crippen molar-refractivity contribution in [3.63, 3.8) is 0 Å². The maximum Gasteiger partial charge on any atom is 0.197 e. The lowest BCUT2D eigenvalue weighted by Crippen LogP contribution is -1.94. The van der Waals surface area contributed by atoms with Gasteiger partial charge in [0.2, 0.25) is 0 Å². The molecule has 1 aromatic rings. The van der Waals surface area contributed by atoms with Crippen LogP contribution in [0.4, 0.5) is 4.39 Å². The average Bonchev–Trinajstić information content (AvgIpc) is 2.09. The number of thiol groups is 1. The van der Waals surface area contributed by atoms with Gasteiger partial charge in [0.25, 0.3) is 0 Å². The molecule has 0 atom stereocenters. The SMILES string of the molecule is COc1ccc(S)c(F)c1OC. The Morgan fingerprint density at radius 3 is 2.42 bits per heavy atom. The highest BCUT2D eigenvalue weighted by atomic mass is 32.1. The van der Waals surface area contributed by atoms with E-state index in [1.54, 1.807) is 6.07 Å². The van der Waals surface area contributed by atoms with Crippen LogP contribution in [0.1, 0.15) is 0 Å². The van der Waals surface area contributed by atoms with Crippen LogP contribution in [0.2, 0.25) is 0 Å². The van der Waals surface area contributed by atoms with Gasteiger partial charge in [-0.3, -0.25) is 0 Å². The third kappa shape index (κ3) is 1.48. The van der Waals surface area contributed by atoms with E-state index in [2.05, 4.69) is 12.6 Å². The molecule has 0 saturated carbocycles. The molecule has 0 saturated heterocycles. The number of rotatable bonds is 2. The van der Waals surface area contributed by atoms with E-state index >= 15 is 0 Å². The van der Waals surface area contributed by atoms with Crippen molar-refractivity contribution in [2.24, 2.45) is 0 Å². The Balaban J connectivity index is 3.25. The zero-order valence-corrected chi connectivity index (χ0v) is 7.69. The van der Waals surface area contributed by atoms with E-state index in [1.165, 1.54) is 20.3 Å². The first-order chi connectivity index (χ1) is 5.70. The molecule has 4 heteroatoms. The predicted molar refractivity (Wildman–Crippen MR) is 46.8 cm³/mol. The van der Waals surface area contributed by atoms with E-state index in [0.29, 0.717) is 5.75 Å². The summed E-state index contributed by atoms with van der Waals surface area (Å²) in [5.41, 5.74) is 0. The molecular weight excluding hydrogens is 179 g/mol. The van der Waals surface area contributed by atoms with Gasteiger partial charge < -0.3 is 9.47 Å². The Morgan fingerprint density at radius 1 is 1.25 bits per heavy atom. The molecule has 66 valence electrons. The van der Waals surface area contributed by atoms with Crippen LogP contribution in [0.5, 0.6) is 11.5 Å². The molecule has 1 rings (SSSR count).